The molecule has 1 aromatic heterocycles. The number of halogens is 1. The molecule has 0 unspecified atom stereocenters. The van der Waals surface area contributed by atoms with Gasteiger partial charge >= 0.3 is 5.97 Å². The molecule has 0 aliphatic carbocycles. The number of aromatic nitrogens is 2. The van der Waals surface area contributed by atoms with Gasteiger partial charge in [0.2, 0.25) is 0 Å². The zero-order chi connectivity index (χ0) is 23.4. The number of methoxy groups -OCH3 is 3. The van der Waals surface area contributed by atoms with E-state index < -0.39 is 0 Å². The van der Waals surface area contributed by atoms with Crippen LogP contribution in [0.25, 0.3) is 22.5 Å². The van der Waals surface area contributed by atoms with Crippen LogP contribution in [-0.2, 0) is 11.3 Å². The molecule has 33 heavy (non-hydrogen) atoms. The average Bonchev–Trinajstić information content (AvgIpc) is 3.19. The topological polar surface area (TPSA) is 62.6 Å². The summed E-state index contributed by atoms with van der Waals surface area (Å²) in [5.41, 5.74) is 5.13. The van der Waals surface area contributed by atoms with Crippen LogP contribution in [0, 0.1) is 0 Å². The Labute approximate surface area is 200 Å². The van der Waals surface area contributed by atoms with E-state index in [9.17, 15) is 4.79 Å². The summed E-state index contributed by atoms with van der Waals surface area (Å²) in [5.74, 6) is 1.16. The van der Waals surface area contributed by atoms with Crippen molar-refractivity contribution in [2.24, 2.45) is 0 Å². The van der Waals surface area contributed by atoms with E-state index in [1.807, 2.05) is 65.3 Å². The standard InChI is InChI=1S/C26H23BrN2O4/c1-31-21-8-4-6-19(14-21)24-23(27)25(20-7-5-9-22(15-20)32-2)29(28-24)16-17-10-12-18(13-11-17)26(30)33-3/h4-15H,16H2,1-3H3. The molecule has 168 valence electrons. The number of rotatable bonds is 7. The van der Waals surface area contributed by atoms with Gasteiger partial charge in [-0.1, -0.05) is 36.4 Å². The first-order chi connectivity index (χ1) is 16.0. The Bertz CT molecular complexity index is 1280. The summed E-state index contributed by atoms with van der Waals surface area (Å²) >= 11 is 3.80. The first-order valence-corrected chi connectivity index (χ1v) is 11.1. The number of hydrogen-bond donors (Lipinski definition) is 0. The van der Waals surface area contributed by atoms with Crippen molar-refractivity contribution in [2.45, 2.75) is 6.54 Å². The highest BCUT2D eigenvalue weighted by Crippen LogP contribution is 2.38. The Kier molecular flexibility index (Phi) is 6.79. The molecule has 1 heterocycles. The van der Waals surface area contributed by atoms with Gasteiger partial charge in [0.1, 0.15) is 17.2 Å². The summed E-state index contributed by atoms with van der Waals surface area (Å²) in [7, 11) is 4.67. The normalized spacial score (nSPS) is 10.7. The van der Waals surface area contributed by atoms with Crippen LogP contribution in [0.15, 0.2) is 77.3 Å². The second-order valence-electron chi connectivity index (χ2n) is 7.32. The number of carbonyl (C=O) groups excluding carboxylic acids is 1. The molecule has 0 aliphatic heterocycles. The molecular weight excluding hydrogens is 484 g/mol. The number of ether oxygens (including phenoxy) is 3. The maximum Gasteiger partial charge on any atom is 0.337 e. The van der Waals surface area contributed by atoms with Gasteiger partial charge in [0.05, 0.1) is 43.6 Å². The molecule has 3 aromatic carbocycles. The lowest BCUT2D eigenvalue weighted by atomic mass is 10.1. The molecule has 0 saturated carbocycles. The van der Waals surface area contributed by atoms with Crippen molar-refractivity contribution in [1.29, 1.82) is 0 Å². The molecule has 0 aliphatic rings. The SMILES string of the molecule is COC(=O)c1ccc(Cn2nc(-c3cccc(OC)c3)c(Br)c2-c2cccc(OC)c2)cc1. The fourth-order valence-electron chi connectivity index (χ4n) is 3.59. The molecule has 6 nitrogen and oxygen atoms in total. The molecule has 0 atom stereocenters. The maximum absolute atomic E-state index is 11.8. The van der Waals surface area contributed by atoms with Crippen LogP contribution in [0.2, 0.25) is 0 Å². The molecule has 0 fully saturated rings. The Hall–Kier alpha value is -3.58. The highest BCUT2D eigenvalue weighted by molar-refractivity contribution is 9.10. The quantitative estimate of drug-likeness (QED) is 0.295. The van der Waals surface area contributed by atoms with Crippen LogP contribution in [0.4, 0.5) is 0 Å². The molecule has 4 aromatic rings. The van der Waals surface area contributed by atoms with Crippen LogP contribution < -0.4 is 9.47 Å². The van der Waals surface area contributed by atoms with E-state index in [4.69, 9.17) is 19.3 Å². The number of carbonyl (C=O) groups is 1. The third kappa shape index (κ3) is 4.78. The third-order valence-corrected chi connectivity index (χ3v) is 6.04. The second kappa shape index (κ2) is 9.92. The molecule has 0 radical (unpaired) electrons. The average molecular weight is 507 g/mol. The smallest absolute Gasteiger partial charge is 0.337 e. The van der Waals surface area contributed by atoms with Crippen molar-refractivity contribution < 1.29 is 19.0 Å². The largest absolute Gasteiger partial charge is 0.497 e. The van der Waals surface area contributed by atoms with E-state index in [2.05, 4.69) is 15.9 Å². The lowest BCUT2D eigenvalue weighted by Gasteiger charge is -2.10. The van der Waals surface area contributed by atoms with E-state index in [1.54, 1.807) is 26.4 Å². The van der Waals surface area contributed by atoms with Crippen molar-refractivity contribution in [1.82, 2.24) is 9.78 Å². The Morgan fingerprint density at radius 3 is 2.09 bits per heavy atom. The van der Waals surface area contributed by atoms with E-state index in [-0.39, 0.29) is 5.97 Å². The van der Waals surface area contributed by atoms with Crippen LogP contribution >= 0.6 is 15.9 Å². The van der Waals surface area contributed by atoms with E-state index in [1.165, 1.54) is 7.11 Å². The lowest BCUT2D eigenvalue weighted by Crippen LogP contribution is -2.05. The predicted molar refractivity (Wildman–Crippen MR) is 131 cm³/mol. The van der Waals surface area contributed by atoms with Gasteiger partial charge in [-0.2, -0.15) is 5.10 Å². The molecule has 0 saturated heterocycles. The number of benzene rings is 3. The summed E-state index contributed by atoms with van der Waals surface area (Å²) < 4.78 is 18.4. The van der Waals surface area contributed by atoms with Gasteiger partial charge in [-0.25, -0.2) is 4.79 Å². The summed E-state index contributed by atoms with van der Waals surface area (Å²) in [5, 5.41) is 4.94. The predicted octanol–water partition coefficient (Wildman–Crippen LogP) is 5.83. The van der Waals surface area contributed by atoms with E-state index in [0.717, 1.165) is 44.0 Å². The Balaban J connectivity index is 1.81. The van der Waals surface area contributed by atoms with Crippen LogP contribution in [0.1, 0.15) is 15.9 Å². The first-order valence-electron chi connectivity index (χ1n) is 10.3. The summed E-state index contributed by atoms with van der Waals surface area (Å²) in [6.45, 7) is 0.510. The molecule has 0 N–H and O–H groups in total. The molecular formula is C26H23BrN2O4. The van der Waals surface area contributed by atoms with Gasteiger partial charge in [0.15, 0.2) is 0 Å². The minimum atomic E-state index is -0.360. The molecule has 7 heteroatoms. The van der Waals surface area contributed by atoms with Gasteiger partial charge in [0.25, 0.3) is 0 Å². The van der Waals surface area contributed by atoms with Gasteiger partial charge < -0.3 is 14.2 Å². The Morgan fingerprint density at radius 1 is 0.879 bits per heavy atom. The highest BCUT2D eigenvalue weighted by atomic mass is 79.9. The Morgan fingerprint density at radius 2 is 1.48 bits per heavy atom. The first kappa shape index (κ1) is 22.6. The summed E-state index contributed by atoms with van der Waals surface area (Å²) in [4.78, 5) is 11.8. The number of esters is 1. The molecule has 0 amide bonds. The molecule has 4 rings (SSSR count). The van der Waals surface area contributed by atoms with Gasteiger partial charge in [0, 0.05) is 11.1 Å². The lowest BCUT2D eigenvalue weighted by molar-refractivity contribution is 0.0600. The van der Waals surface area contributed by atoms with Crippen LogP contribution in [0.3, 0.4) is 0 Å². The molecule has 0 spiro atoms. The molecule has 0 bridgehead atoms. The third-order valence-electron chi connectivity index (χ3n) is 5.29. The second-order valence-corrected chi connectivity index (χ2v) is 8.11. The fraction of sp³-hybridized carbons (Fsp3) is 0.154. The summed E-state index contributed by atoms with van der Waals surface area (Å²) in [6.07, 6.45) is 0. The van der Waals surface area contributed by atoms with Crippen molar-refractivity contribution in [3.05, 3.63) is 88.4 Å². The highest BCUT2D eigenvalue weighted by Gasteiger charge is 2.20. The minimum Gasteiger partial charge on any atom is -0.497 e. The fourth-order valence-corrected chi connectivity index (χ4v) is 4.33. The van der Waals surface area contributed by atoms with Crippen molar-refractivity contribution in [3.8, 4) is 34.0 Å². The van der Waals surface area contributed by atoms with Crippen molar-refractivity contribution >= 4 is 21.9 Å². The summed E-state index contributed by atoms with van der Waals surface area (Å²) in [6, 6.07) is 23.0. The van der Waals surface area contributed by atoms with Gasteiger partial charge in [-0.05, 0) is 57.9 Å². The minimum absolute atomic E-state index is 0.360. The van der Waals surface area contributed by atoms with E-state index >= 15 is 0 Å². The monoisotopic (exact) mass is 506 g/mol. The van der Waals surface area contributed by atoms with Crippen LogP contribution in [0.5, 0.6) is 11.5 Å². The van der Waals surface area contributed by atoms with Crippen molar-refractivity contribution in [3.63, 3.8) is 0 Å². The number of nitrogens with zero attached hydrogens (tertiary/aromatic N) is 2. The number of hydrogen-bond acceptors (Lipinski definition) is 5. The van der Waals surface area contributed by atoms with Gasteiger partial charge in [-0.15, -0.1) is 0 Å². The zero-order valence-corrected chi connectivity index (χ0v) is 20.1. The van der Waals surface area contributed by atoms with E-state index in [0.29, 0.717) is 12.1 Å². The zero-order valence-electron chi connectivity index (χ0n) is 18.5. The van der Waals surface area contributed by atoms with Crippen molar-refractivity contribution in [2.75, 3.05) is 21.3 Å². The van der Waals surface area contributed by atoms with Gasteiger partial charge in [-0.3, -0.25) is 4.68 Å². The maximum atomic E-state index is 11.8. The van der Waals surface area contributed by atoms with Crippen LogP contribution in [-0.4, -0.2) is 37.1 Å².